The number of esters is 1. The smallest absolute Gasteiger partial charge is 0.308 e. The highest BCUT2D eigenvalue weighted by molar-refractivity contribution is 5.80. The maximum atomic E-state index is 12.0. The van der Waals surface area contributed by atoms with E-state index < -0.39 is 0 Å². The van der Waals surface area contributed by atoms with Crippen LogP contribution in [0.5, 0.6) is 0 Å². The molecular formula is C20H34N6O3. The van der Waals surface area contributed by atoms with Crippen LogP contribution in [0.4, 0.5) is 0 Å². The molecule has 1 aliphatic carbocycles. The Morgan fingerprint density at radius 2 is 2.07 bits per heavy atom. The molecule has 0 spiro atoms. The summed E-state index contributed by atoms with van der Waals surface area (Å²) < 4.78 is 12.8. The van der Waals surface area contributed by atoms with E-state index in [1.54, 1.807) is 0 Å². The fourth-order valence-electron chi connectivity index (χ4n) is 3.83. The molecule has 1 saturated carbocycles. The van der Waals surface area contributed by atoms with Gasteiger partial charge in [-0.3, -0.25) is 4.79 Å². The predicted molar refractivity (Wildman–Crippen MR) is 109 cm³/mol. The number of hydrogen-bond donors (Lipinski definition) is 2. The summed E-state index contributed by atoms with van der Waals surface area (Å²) in [4.78, 5) is 16.7. The Labute approximate surface area is 172 Å². The van der Waals surface area contributed by atoms with Crippen molar-refractivity contribution in [2.75, 3.05) is 19.8 Å². The second-order valence-corrected chi connectivity index (χ2v) is 7.85. The van der Waals surface area contributed by atoms with E-state index in [1.165, 1.54) is 0 Å². The van der Waals surface area contributed by atoms with Crippen LogP contribution in [0.2, 0.25) is 0 Å². The molecule has 0 amide bonds. The van der Waals surface area contributed by atoms with Gasteiger partial charge in [-0.15, -0.1) is 10.2 Å². The first-order valence-electron chi connectivity index (χ1n) is 10.7. The van der Waals surface area contributed by atoms with E-state index in [0.29, 0.717) is 13.2 Å². The van der Waals surface area contributed by atoms with E-state index in [-0.39, 0.29) is 24.0 Å². The van der Waals surface area contributed by atoms with Crippen LogP contribution in [0.25, 0.3) is 0 Å². The third kappa shape index (κ3) is 6.16. The lowest BCUT2D eigenvalue weighted by Gasteiger charge is -2.29. The van der Waals surface area contributed by atoms with E-state index >= 15 is 0 Å². The molecule has 29 heavy (non-hydrogen) atoms. The minimum atomic E-state index is -0.0611. The van der Waals surface area contributed by atoms with E-state index in [4.69, 9.17) is 14.5 Å². The number of guanidine groups is 1. The quantitative estimate of drug-likeness (QED) is 0.401. The van der Waals surface area contributed by atoms with Crippen LogP contribution < -0.4 is 10.6 Å². The molecule has 2 N–H and O–H groups in total. The molecule has 2 aliphatic rings. The lowest BCUT2D eigenvalue weighted by molar-refractivity contribution is -0.149. The highest BCUT2D eigenvalue weighted by Gasteiger charge is 2.28. The Bertz CT molecular complexity index is 690. The van der Waals surface area contributed by atoms with Gasteiger partial charge in [-0.25, -0.2) is 4.99 Å². The summed E-state index contributed by atoms with van der Waals surface area (Å²) >= 11 is 0. The average molecular weight is 407 g/mol. The van der Waals surface area contributed by atoms with Gasteiger partial charge in [0.2, 0.25) is 0 Å². The topological polar surface area (TPSA) is 103 Å². The van der Waals surface area contributed by atoms with Crippen molar-refractivity contribution < 1.29 is 14.3 Å². The number of ether oxygens (including phenoxy) is 2. The molecule has 9 nitrogen and oxygen atoms in total. The third-order valence-corrected chi connectivity index (χ3v) is 5.77. The van der Waals surface area contributed by atoms with Gasteiger partial charge in [-0.1, -0.05) is 0 Å². The molecule has 3 rings (SSSR count). The Kier molecular flexibility index (Phi) is 7.85. The van der Waals surface area contributed by atoms with Gasteiger partial charge in [0.1, 0.15) is 12.4 Å². The van der Waals surface area contributed by atoms with Gasteiger partial charge >= 0.3 is 5.97 Å². The normalized spacial score (nSPS) is 25.1. The molecule has 1 atom stereocenters. The summed E-state index contributed by atoms with van der Waals surface area (Å²) in [6, 6.07) is 0.289. The Morgan fingerprint density at radius 3 is 2.69 bits per heavy atom. The zero-order valence-electron chi connectivity index (χ0n) is 17.8. The zero-order chi connectivity index (χ0) is 20.6. The van der Waals surface area contributed by atoms with Gasteiger partial charge in [0.25, 0.3) is 0 Å². The fourth-order valence-corrected chi connectivity index (χ4v) is 3.83. The van der Waals surface area contributed by atoms with Crippen molar-refractivity contribution in [2.45, 2.75) is 71.1 Å². The van der Waals surface area contributed by atoms with Crippen LogP contribution in [0.1, 0.15) is 57.1 Å². The number of hydrogen-bond acceptors (Lipinski definition) is 6. The second-order valence-electron chi connectivity index (χ2n) is 7.85. The van der Waals surface area contributed by atoms with Crippen molar-refractivity contribution in [2.24, 2.45) is 18.0 Å². The Hall–Kier alpha value is -2.16. The molecule has 1 aliphatic heterocycles. The van der Waals surface area contributed by atoms with Crippen LogP contribution in [0.15, 0.2) is 4.99 Å². The maximum Gasteiger partial charge on any atom is 0.308 e. The molecule has 1 unspecified atom stereocenters. The summed E-state index contributed by atoms with van der Waals surface area (Å²) in [5.41, 5.74) is 0. The average Bonchev–Trinajstić information content (AvgIpc) is 3.35. The molecule has 162 valence electrons. The van der Waals surface area contributed by atoms with E-state index in [0.717, 1.165) is 69.3 Å². The first-order valence-corrected chi connectivity index (χ1v) is 10.7. The predicted octanol–water partition coefficient (Wildman–Crippen LogP) is 1.46. The molecule has 9 heteroatoms. The molecule has 0 bridgehead atoms. The molecule has 1 saturated heterocycles. The van der Waals surface area contributed by atoms with Crippen LogP contribution >= 0.6 is 0 Å². The summed E-state index contributed by atoms with van der Waals surface area (Å²) in [5.74, 6) is 2.42. The highest BCUT2D eigenvalue weighted by atomic mass is 16.5. The van der Waals surface area contributed by atoms with Crippen LogP contribution in [-0.4, -0.2) is 58.6 Å². The lowest BCUT2D eigenvalue weighted by atomic mass is 9.86. The van der Waals surface area contributed by atoms with E-state index in [2.05, 4.69) is 20.8 Å². The van der Waals surface area contributed by atoms with E-state index in [9.17, 15) is 4.79 Å². The van der Waals surface area contributed by atoms with Crippen molar-refractivity contribution in [1.82, 2.24) is 25.4 Å². The summed E-state index contributed by atoms with van der Waals surface area (Å²) in [7, 11) is 1.95. The van der Waals surface area contributed by atoms with Crippen LogP contribution in [0, 0.1) is 12.8 Å². The molecular weight excluding hydrogens is 372 g/mol. The first kappa shape index (κ1) is 21.5. The number of aromatic nitrogens is 3. The summed E-state index contributed by atoms with van der Waals surface area (Å²) in [6.07, 6.45) is 5.96. The zero-order valence-corrected chi connectivity index (χ0v) is 17.8. The second kappa shape index (κ2) is 10.6. The highest BCUT2D eigenvalue weighted by Crippen LogP contribution is 2.25. The maximum absolute atomic E-state index is 12.0. The van der Waals surface area contributed by atoms with Crippen LogP contribution in [-0.2, 0) is 27.9 Å². The van der Waals surface area contributed by atoms with Gasteiger partial charge in [-0.2, -0.15) is 0 Å². The number of nitrogens with zero attached hydrogens (tertiary/aromatic N) is 4. The van der Waals surface area contributed by atoms with Crippen molar-refractivity contribution >= 4 is 11.9 Å². The largest absolute Gasteiger partial charge is 0.466 e. The molecule has 0 aromatic carbocycles. The Morgan fingerprint density at radius 1 is 1.28 bits per heavy atom. The number of nitrogens with one attached hydrogen (secondary N) is 2. The number of aryl methyl sites for hydroxylation is 1. The molecule has 1 aromatic rings. The van der Waals surface area contributed by atoms with Crippen LogP contribution in [0.3, 0.4) is 0 Å². The van der Waals surface area contributed by atoms with Gasteiger partial charge < -0.3 is 24.7 Å². The summed E-state index contributed by atoms with van der Waals surface area (Å²) in [6.45, 7) is 6.26. The van der Waals surface area contributed by atoms with Gasteiger partial charge in [0.05, 0.1) is 18.6 Å². The van der Waals surface area contributed by atoms with Crippen molar-refractivity contribution in [3.05, 3.63) is 11.6 Å². The van der Waals surface area contributed by atoms with E-state index in [1.807, 2.05) is 25.5 Å². The molecule has 2 heterocycles. The lowest BCUT2D eigenvalue weighted by Crippen LogP contribution is -2.47. The first-order chi connectivity index (χ1) is 14.1. The van der Waals surface area contributed by atoms with Gasteiger partial charge in [-0.05, 0) is 52.4 Å². The number of carbonyl (C=O) groups excluding carboxylic acids is 1. The van der Waals surface area contributed by atoms with Gasteiger partial charge in [0.15, 0.2) is 11.8 Å². The number of aliphatic imine (C=N–C) groups is 1. The third-order valence-electron chi connectivity index (χ3n) is 5.77. The van der Waals surface area contributed by atoms with Crippen molar-refractivity contribution in [3.8, 4) is 0 Å². The summed E-state index contributed by atoms with van der Waals surface area (Å²) in [5, 5.41) is 15.3. The Balaban J connectivity index is 1.56. The standard InChI is InChI=1S/C20H34N6O3/c1-4-28-19(27)15-7-9-16(10-8-15)23-20(21-12-17-6-5-11-29-17)22-13-18-25-24-14(2)26(18)3/h15-17H,4-13H2,1-3H3,(H2,21,22,23). The molecule has 1 aromatic heterocycles. The number of rotatable bonds is 7. The van der Waals surface area contributed by atoms with Crippen molar-refractivity contribution in [1.29, 1.82) is 0 Å². The van der Waals surface area contributed by atoms with Gasteiger partial charge in [0, 0.05) is 26.2 Å². The minimum absolute atomic E-state index is 0.0230. The van der Waals surface area contributed by atoms with Crippen molar-refractivity contribution in [3.63, 3.8) is 0 Å². The minimum Gasteiger partial charge on any atom is -0.466 e. The SMILES string of the molecule is CCOC(=O)C1CCC(NC(=NCc2nnc(C)n2C)NCC2CCCO2)CC1. The number of carbonyl (C=O) groups is 1. The fraction of sp³-hybridized carbons (Fsp3) is 0.800. The molecule has 0 radical (unpaired) electrons. The monoisotopic (exact) mass is 406 g/mol. The molecule has 2 fully saturated rings.